The number of hydrogen-bond acceptors (Lipinski definition) is 5. The highest BCUT2D eigenvalue weighted by atomic mass is 19.1. The van der Waals surface area contributed by atoms with Gasteiger partial charge in [0.2, 0.25) is 0 Å². The summed E-state index contributed by atoms with van der Waals surface area (Å²) >= 11 is 0. The zero-order valence-corrected chi connectivity index (χ0v) is 13.1. The molecule has 0 spiro atoms. The summed E-state index contributed by atoms with van der Waals surface area (Å²) in [5, 5.41) is 14.8. The van der Waals surface area contributed by atoms with E-state index in [9.17, 15) is 14.5 Å². The quantitative estimate of drug-likeness (QED) is 0.571. The van der Waals surface area contributed by atoms with Gasteiger partial charge in [-0.2, -0.15) is 0 Å². The third kappa shape index (κ3) is 2.84. The van der Waals surface area contributed by atoms with E-state index in [0.29, 0.717) is 29.7 Å². The van der Waals surface area contributed by atoms with Gasteiger partial charge < -0.3 is 10.1 Å². The molecule has 0 saturated heterocycles. The standard InChI is InChI=1S/C18H14FN3O3/c19-14-3-1-2-13-16(8-9-25-18(13)14)21-17-7-4-11-10-12(22(23)24)5-6-15(11)20-17/h1-7,10,16H,8-9H2,(H,20,21)/t16-/m0/s1. The van der Waals surface area contributed by atoms with Gasteiger partial charge in [0.1, 0.15) is 5.82 Å². The van der Waals surface area contributed by atoms with Crippen molar-refractivity contribution in [3.63, 3.8) is 0 Å². The van der Waals surface area contributed by atoms with Crippen molar-refractivity contribution in [2.45, 2.75) is 12.5 Å². The largest absolute Gasteiger partial charge is 0.490 e. The number of anilines is 1. The van der Waals surface area contributed by atoms with E-state index in [1.165, 1.54) is 18.2 Å². The predicted octanol–water partition coefficient (Wildman–Crippen LogP) is 4.22. The summed E-state index contributed by atoms with van der Waals surface area (Å²) in [5.74, 6) is 0.536. The lowest BCUT2D eigenvalue weighted by Gasteiger charge is -2.27. The molecular weight excluding hydrogens is 325 g/mol. The number of non-ortho nitro benzene ring substituents is 1. The summed E-state index contributed by atoms with van der Waals surface area (Å²) in [6.45, 7) is 0.422. The summed E-state index contributed by atoms with van der Waals surface area (Å²) in [5.41, 5.74) is 1.45. The Morgan fingerprint density at radius 1 is 1.24 bits per heavy atom. The Bertz CT molecular complexity index is 977. The number of hydrogen-bond donors (Lipinski definition) is 1. The minimum Gasteiger partial charge on any atom is -0.490 e. The van der Waals surface area contributed by atoms with Gasteiger partial charge in [0.15, 0.2) is 11.6 Å². The molecule has 6 nitrogen and oxygen atoms in total. The Hall–Kier alpha value is -3.22. The number of nitro groups is 1. The molecule has 126 valence electrons. The fourth-order valence-electron chi connectivity index (χ4n) is 3.02. The third-order valence-electron chi connectivity index (χ3n) is 4.23. The van der Waals surface area contributed by atoms with Crippen LogP contribution in [-0.4, -0.2) is 16.5 Å². The molecule has 1 N–H and O–H groups in total. The topological polar surface area (TPSA) is 77.3 Å². The van der Waals surface area contributed by atoms with E-state index in [4.69, 9.17) is 4.74 Å². The number of fused-ring (bicyclic) bond motifs is 2. The number of pyridine rings is 1. The van der Waals surface area contributed by atoms with Gasteiger partial charge in [0.05, 0.1) is 23.1 Å². The normalized spacial score (nSPS) is 16.1. The average Bonchev–Trinajstić information content (AvgIpc) is 2.62. The molecule has 2 aromatic carbocycles. The molecular formula is C18H14FN3O3. The summed E-state index contributed by atoms with van der Waals surface area (Å²) in [6.07, 6.45) is 0.691. The van der Waals surface area contributed by atoms with Crippen LogP contribution in [0.25, 0.3) is 10.9 Å². The van der Waals surface area contributed by atoms with E-state index >= 15 is 0 Å². The van der Waals surface area contributed by atoms with Crippen LogP contribution in [0, 0.1) is 15.9 Å². The van der Waals surface area contributed by atoms with Crippen LogP contribution >= 0.6 is 0 Å². The molecule has 1 aliphatic rings. The molecule has 1 aromatic heterocycles. The van der Waals surface area contributed by atoms with Gasteiger partial charge in [-0.05, 0) is 24.3 Å². The number of nitrogens with one attached hydrogen (secondary N) is 1. The highest BCUT2D eigenvalue weighted by Crippen LogP contribution is 2.36. The smallest absolute Gasteiger partial charge is 0.270 e. The van der Waals surface area contributed by atoms with Crippen molar-refractivity contribution in [1.82, 2.24) is 4.98 Å². The fraction of sp³-hybridized carbons (Fsp3) is 0.167. The molecule has 0 unspecified atom stereocenters. The zero-order chi connectivity index (χ0) is 17.4. The van der Waals surface area contributed by atoms with Gasteiger partial charge in [-0.15, -0.1) is 0 Å². The summed E-state index contributed by atoms with van der Waals surface area (Å²) < 4.78 is 19.3. The Morgan fingerprint density at radius 3 is 2.96 bits per heavy atom. The van der Waals surface area contributed by atoms with Gasteiger partial charge >= 0.3 is 0 Å². The van der Waals surface area contributed by atoms with Gasteiger partial charge in [0.25, 0.3) is 5.69 Å². The van der Waals surface area contributed by atoms with Crippen molar-refractivity contribution in [3.8, 4) is 5.75 Å². The van der Waals surface area contributed by atoms with Crippen molar-refractivity contribution in [3.05, 3.63) is 70.0 Å². The van der Waals surface area contributed by atoms with E-state index in [1.54, 1.807) is 24.3 Å². The Kier molecular flexibility index (Phi) is 3.68. The number of aromatic nitrogens is 1. The van der Waals surface area contributed by atoms with Gasteiger partial charge in [-0.3, -0.25) is 10.1 Å². The number of rotatable bonds is 3. The van der Waals surface area contributed by atoms with Crippen LogP contribution in [0.3, 0.4) is 0 Å². The van der Waals surface area contributed by atoms with Crippen molar-refractivity contribution < 1.29 is 14.1 Å². The van der Waals surface area contributed by atoms with Crippen molar-refractivity contribution >= 4 is 22.4 Å². The lowest BCUT2D eigenvalue weighted by atomic mass is 10.0. The van der Waals surface area contributed by atoms with Crippen LogP contribution in [0.4, 0.5) is 15.9 Å². The van der Waals surface area contributed by atoms with Crippen molar-refractivity contribution in [1.29, 1.82) is 0 Å². The molecule has 25 heavy (non-hydrogen) atoms. The van der Waals surface area contributed by atoms with E-state index < -0.39 is 4.92 Å². The summed E-state index contributed by atoms with van der Waals surface area (Å²) in [4.78, 5) is 14.9. The Labute approximate surface area is 142 Å². The molecule has 7 heteroatoms. The van der Waals surface area contributed by atoms with Crippen LogP contribution in [0.15, 0.2) is 48.5 Å². The molecule has 3 aromatic rings. The maximum atomic E-state index is 13.9. The fourth-order valence-corrected chi connectivity index (χ4v) is 3.02. The lowest BCUT2D eigenvalue weighted by molar-refractivity contribution is -0.384. The lowest BCUT2D eigenvalue weighted by Crippen LogP contribution is -2.21. The number of nitrogens with zero attached hydrogens (tertiary/aromatic N) is 2. The van der Waals surface area contributed by atoms with Crippen LogP contribution in [-0.2, 0) is 0 Å². The second-order valence-corrected chi connectivity index (χ2v) is 5.82. The molecule has 0 amide bonds. The number of ether oxygens (including phenoxy) is 1. The maximum absolute atomic E-state index is 13.9. The summed E-state index contributed by atoms with van der Waals surface area (Å²) in [7, 11) is 0. The van der Waals surface area contributed by atoms with Gasteiger partial charge in [0, 0.05) is 29.5 Å². The first-order chi connectivity index (χ1) is 12.1. The van der Waals surface area contributed by atoms with Gasteiger partial charge in [-0.1, -0.05) is 12.1 Å². The van der Waals surface area contributed by atoms with E-state index in [1.807, 2.05) is 6.07 Å². The third-order valence-corrected chi connectivity index (χ3v) is 4.23. The molecule has 0 fully saturated rings. The Balaban J connectivity index is 1.65. The van der Waals surface area contributed by atoms with Crippen LogP contribution in [0.5, 0.6) is 5.75 Å². The zero-order valence-electron chi connectivity index (χ0n) is 13.1. The number of nitro benzene ring substituents is 1. The predicted molar refractivity (Wildman–Crippen MR) is 91.3 cm³/mol. The number of benzene rings is 2. The molecule has 0 bridgehead atoms. The van der Waals surface area contributed by atoms with Gasteiger partial charge in [-0.25, -0.2) is 9.37 Å². The molecule has 1 atom stereocenters. The maximum Gasteiger partial charge on any atom is 0.270 e. The number of para-hydroxylation sites is 1. The van der Waals surface area contributed by atoms with E-state index in [2.05, 4.69) is 10.3 Å². The second-order valence-electron chi connectivity index (χ2n) is 5.82. The molecule has 0 aliphatic carbocycles. The molecule has 1 aliphatic heterocycles. The molecule has 4 rings (SSSR count). The highest BCUT2D eigenvalue weighted by Gasteiger charge is 2.24. The number of halogens is 1. The van der Waals surface area contributed by atoms with Crippen molar-refractivity contribution in [2.24, 2.45) is 0 Å². The van der Waals surface area contributed by atoms with Crippen LogP contribution in [0.1, 0.15) is 18.0 Å². The monoisotopic (exact) mass is 339 g/mol. The minimum absolute atomic E-state index is 0.0313. The first-order valence-electron chi connectivity index (χ1n) is 7.85. The van der Waals surface area contributed by atoms with Crippen molar-refractivity contribution in [2.75, 3.05) is 11.9 Å². The first-order valence-corrected chi connectivity index (χ1v) is 7.85. The SMILES string of the molecule is O=[N+]([O-])c1ccc2nc(N[C@H]3CCOc4c(F)cccc43)ccc2c1. The summed E-state index contributed by atoms with van der Waals surface area (Å²) in [6, 6.07) is 12.8. The molecule has 0 radical (unpaired) electrons. The average molecular weight is 339 g/mol. The molecule has 2 heterocycles. The highest BCUT2D eigenvalue weighted by molar-refractivity contribution is 5.82. The minimum atomic E-state index is -0.431. The molecule has 0 saturated carbocycles. The Morgan fingerprint density at radius 2 is 2.12 bits per heavy atom. The van der Waals surface area contributed by atoms with E-state index in [0.717, 1.165) is 5.56 Å². The second kappa shape index (κ2) is 6.01. The first kappa shape index (κ1) is 15.3. The van der Waals surface area contributed by atoms with E-state index in [-0.39, 0.29) is 23.3 Å². The van der Waals surface area contributed by atoms with Crippen LogP contribution in [0.2, 0.25) is 0 Å². The van der Waals surface area contributed by atoms with Crippen LogP contribution < -0.4 is 10.1 Å².